The Balaban J connectivity index is 3.99. The normalized spacial score (nSPS) is 11.4. The van der Waals surface area contributed by atoms with Crippen LogP contribution in [0, 0.1) is 0 Å². The molecular weight excluding hydrogens is 661 g/mol. The van der Waals surface area contributed by atoms with Crippen LogP contribution in [0.15, 0.2) is 0 Å². The Labute approximate surface area is 329 Å². The lowest BCUT2D eigenvalue weighted by Gasteiger charge is -2.18. The Morgan fingerprint density at radius 2 is 0.698 bits per heavy atom. The molecule has 0 rings (SSSR count). The van der Waals surface area contributed by atoms with Gasteiger partial charge in [-0.15, -0.1) is 0 Å². The molecule has 0 saturated heterocycles. The van der Waals surface area contributed by atoms with Gasteiger partial charge in [-0.1, -0.05) is 206 Å². The van der Waals surface area contributed by atoms with E-state index in [4.69, 9.17) is 9.47 Å². The van der Waals surface area contributed by atoms with Crippen LogP contribution in [-0.2, 0) is 23.9 Å². The van der Waals surface area contributed by atoms with Gasteiger partial charge in [0, 0.05) is 19.0 Å². The summed E-state index contributed by atoms with van der Waals surface area (Å²) in [5.41, 5.74) is 0. The summed E-state index contributed by atoms with van der Waals surface area (Å²) in [4.78, 5) is 39.7. The molecular formula is C46H90N2O5. The molecule has 0 radical (unpaired) electrons. The number of hydrogen-bond donors (Lipinski definition) is 1. The lowest BCUT2D eigenvalue weighted by Crippen LogP contribution is -2.39. The predicted molar refractivity (Wildman–Crippen MR) is 225 cm³/mol. The molecule has 314 valence electrons. The minimum atomic E-state index is -0.610. The summed E-state index contributed by atoms with van der Waals surface area (Å²) in [6.07, 6.45) is 42.0. The van der Waals surface area contributed by atoms with E-state index in [1.165, 1.54) is 180 Å². The van der Waals surface area contributed by atoms with Gasteiger partial charge in [-0.2, -0.15) is 0 Å². The molecule has 7 heteroatoms. The van der Waals surface area contributed by atoms with Crippen LogP contribution in [0.25, 0.3) is 0 Å². The molecule has 0 aromatic carbocycles. The molecule has 7 nitrogen and oxygen atoms in total. The van der Waals surface area contributed by atoms with Crippen molar-refractivity contribution < 1.29 is 23.9 Å². The minimum Gasteiger partial charge on any atom is -0.466 e. The van der Waals surface area contributed by atoms with E-state index in [0.29, 0.717) is 26.2 Å². The summed E-state index contributed by atoms with van der Waals surface area (Å²) in [6.45, 7) is 5.94. The fourth-order valence-electron chi connectivity index (χ4n) is 6.99. The molecule has 0 heterocycles. The van der Waals surface area contributed by atoms with Crippen LogP contribution in [0.5, 0.6) is 0 Å². The van der Waals surface area contributed by atoms with Crippen LogP contribution in [0.4, 0.5) is 0 Å². The van der Waals surface area contributed by atoms with Crippen molar-refractivity contribution >= 4 is 17.8 Å². The maximum absolute atomic E-state index is 12.6. The van der Waals surface area contributed by atoms with Crippen molar-refractivity contribution in [2.75, 3.05) is 33.9 Å². The predicted octanol–water partition coefficient (Wildman–Crippen LogP) is 12.8. The number of unbranched alkanes of at least 4 members (excludes halogenated alkanes) is 30. The van der Waals surface area contributed by atoms with E-state index in [-0.39, 0.29) is 30.7 Å². The van der Waals surface area contributed by atoms with Gasteiger partial charge in [0.2, 0.25) is 5.91 Å². The highest BCUT2D eigenvalue weighted by Gasteiger charge is 2.21. The summed E-state index contributed by atoms with van der Waals surface area (Å²) in [6, 6.07) is -0.610. The topological polar surface area (TPSA) is 84.9 Å². The molecule has 0 spiro atoms. The van der Waals surface area contributed by atoms with Crippen molar-refractivity contribution in [3.63, 3.8) is 0 Å². The van der Waals surface area contributed by atoms with Crippen LogP contribution < -0.4 is 5.32 Å². The van der Waals surface area contributed by atoms with Crippen molar-refractivity contribution in [2.24, 2.45) is 0 Å². The van der Waals surface area contributed by atoms with Crippen molar-refractivity contribution in [3.05, 3.63) is 0 Å². The zero-order valence-corrected chi connectivity index (χ0v) is 35.9. The van der Waals surface area contributed by atoms with E-state index in [9.17, 15) is 14.4 Å². The number of rotatable bonds is 42. The maximum Gasteiger partial charge on any atom is 0.307 e. The first kappa shape index (κ1) is 51.4. The number of nitrogens with one attached hydrogen (secondary N) is 1. The van der Waals surface area contributed by atoms with E-state index in [1.54, 1.807) is 0 Å². The third-order valence-electron chi connectivity index (χ3n) is 10.5. The Hall–Kier alpha value is -1.63. The maximum atomic E-state index is 12.6. The zero-order chi connectivity index (χ0) is 38.9. The summed E-state index contributed by atoms with van der Waals surface area (Å²) < 4.78 is 11.0. The average molecular weight is 751 g/mol. The molecule has 0 atom stereocenters. The zero-order valence-electron chi connectivity index (χ0n) is 35.9. The van der Waals surface area contributed by atoms with Crippen LogP contribution in [-0.4, -0.2) is 62.6 Å². The fraction of sp³-hybridized carbons (Fsp3) is 0.935. The number of carbonyl (C=O) groups is 3. The van der Waals surface area contributed by atoms with Gasteiger partial charge in [0.1, 0.15) is 0 Å². The quantitative estimate of drug-likeness (QED) is 0.0494. The smallest absolute Gasteiger partial charge is 0.307 e. The Morgan fingerprint density at radius 1 is 0.434 bits per heavy atom. The van der Waals surface area contributed by atoms with Crippen molar-refractivity contribution in [1.82, 2.24) is 10.2 Å². The van der Waals surface area contributed by atoms with Crippen LogP contribution >= 0.6 is 0 Å². The van der Waals surface area contributed by atoms with Crippen LogP contribution in [0.3, 0.4) is 0 Å². The SMILES string of the molecule is CCCCCCCCCCCCCCCCCCOC(=O)CC(CC(=O)OCCCCCCCCCCCCCCCCCC)NC(=O)CCN(C)C. The van der Waals surface area contributed by atoms with E-state index >= 15 is 0 Å². The van der Waals surface area contributed by atoms with Crippen LogP contribution in [0.1, 0.15) is 239 Å². The molecule has 1 amide bonds. The largest absolute Gasteiger partial charge is 0.466 e. The number of esters is 2. The van der Waals surface area contributed by atoms with Crippen molar-refractivity contribution in [3.8, 4) is 0 Å². The number of hydrogen-bond acceptors (Lipinski definition) is 6. The molecule has 0 fully saturated rings. The highest BCUT2D eigenvalue weighted by molar-refractivity contribution is 5.80. The molecule has 0 unspecified atom stereocenters. The van der Waals surface area contributed by atoms with Crippen molar-refractivity contribution in [1.29, 1.82) is 0 Å². The van der Waals surface area contributed by atoms with Gasteiger partial charge >= 0.3 is 11.9 Å². The first-order valence-corrected chi connectivity index (χ1v) is 23.1. The minimum absolute atomic E-state index is 0.0132. The van der Waals surface area contributed by atoms with Gasteiger partial charge in [0.25, 0.3) is 0 Å². The van der Waals surface area contributed by atoms with Gasteiger partial charge in [0.05, 0.1) is 26.1 Å². The highest BCUT2D eigenvalue weighted by atomic mass is 16.5. The number of nitrogens with zero attached hydrogens (tertiary/aromatic N) is 1. The molecule has 0 aromatic rings. The number of amides is 1. The van der Waals surface area contributed by atoms with E-state index < -0.39 is 6.04 Å². The monoisotopic (exact) mass is 751 g/mol. The molecule has 53 heavy (non-hydrogen) atoms. The fourth-order valence-corrected chi connectivity index (χ4v) is 6.99. The second-order valence-electron chi connectivity index (χ2n) is 16.3. The lowest BCUT2D eigenvalue weighted by atomic mass is 10.0. The molecule has 0 aromatic heterocycles. The standard InChI is InChI=1S/C46H90N2O5/c1-5-7-9-11-13-15-17-19-21-23-25-27-29-31-33-35-39-52-45(50)41-43(47-44(49)37-38-48(3)4)42-46(51)53-40-36-34-32-30-28-26-24-22-20-18-16-14-12-10-8-6-2/h43H,5-42H2,1-4H3,(H,47,49). The molecule has 0 aliphatic heterocycles. The first-order chi connectivity index (χ1) is 25.9. The molecule has 1 N–H and O–H groups in total. The number of carbonyl (C=O) groups excluding carboxylic acids is 3. The molecule has 0 bridgehead atoms. The Bertz CT molecular complexity index is 753. The van der Waals surface area contributed by atoms with Gasteiger partial charge in [-0.05, 0) is 26.9 Å². The second kappa shape index (κ2) is 41.5. The van der Waals surface area contributed by atoms with Gasteiger partial charge in [-0.25, -0.2) is 0 Å². The summed E-state index contributed by atoms with van der Waals surface area (Å²) in [7, 11) is 3.83. The van der Waals surface area contributed by atoms with Gasteiger partial charge in [-0.3, -0.25) is 14.4 Å². The van der Waals surface area contributed by atoms with Crippen LogP contribution in [0.2, 0.25) is 0 Å². The Kier molecular flexibility index (Phi) is 40.3. The molecule has 0 aliphatic rings. The summed E-state index contributed by atoms with van der Waals surface area (Å²) in [5.74, 6) is -0.899. The summed E-state index contributed by atoms with van der Waals surface area (Å²) in [5, 5.41) is 2.88. The van der Waals surface area contributed by atoms with Gasteiger partial charge < -0.3 is 19.7 Å². The average Bonchev–Trinajstić information content (AvgIpc) is 3.13. The molecule has 0 aliphatic carbocycles. The lowest BCUT2D eigenvalue weighted by molar-refractivity contribution is -0.146. The third kappa shape index (κ3) is 41.4. The first-order valence-electron chi connectivity index (χ1n) is 23.1. The molecule has 0 saturated carbocycles. The van der Waals surface area contributed by atoms with Gasteiger partial charge in [0.15, 0.2) is 0 Å². The van der Waals surface area contributed by atoms with Crippen molar-refractivity contribution in [2.45, 2.75) is 245 Å². The highest BCUT2D eigenvalue weighted by Crippen LogP contribution is 2.16. The van der Waals surface area contributed by atoms with E-state index in [1.807, 2.05) is 19.0 Å². The van der Waals surface area contributed by atoms with E-state index in [0.717, 1.165) is 25.7 Å². The summed E-state index contributed by atoms with van der Waals surface area (Å²) >= 11 is 0. The number of ether oxygens (including phenoxy) is 2. The third-order valence-corrected chi connectivity index (χ3v) is 10.5. The Morgan fingerprint density at radius 3 is 0.962 bits per heavy atom. The second-order valence-corrected chi connectivity index (χ2v) is 16.3. The van der Waals surface area contributed by atoms with E-state index in [2.05, 4.69) is 19.2 Å².